The van der Waals surface area contributed by atoms with Crippen molar-refractivity contribution in [2.24, 2.45) is 0 Å². The van der Waals surface area contributed by atoms with Crippen molar-refractivity contribution in [2.45, 2.75) is 63.1 Å². The van der Waals surface area contributed by atoms with Gasteiger partial charge in [0.15, 0.2) is 0 Å². The molecule has 6 nitrogen and oxygen atoms in total. The molecular formula is C21H29NO5. The number of fused-ring (bicyclic) bond motifs is 2. The summed E-state index contributed by atoms with van der Waals surface area (Å²) in [5.74, 6) is -0.421. The van der Waals surface area contributed by atoms with Crippen molar-refractivity contribution in [3.8, 4) is 0 Å². The summed E-state index contributed by atoms with van der Waals surface area (Å²) in [6.07, 6.45) is 1.57. The molecule has 1 aliphatic heterocycles. The number of benzene rings is 1. The summed E-state index contributed by atoms with van der Waals surface area (Å²) in [6.45, 7) is 6.71. The van der Waals surface area contributed by atoms with Gasteiger partial charge in [-0.2, -0.15) is 0 Å². The number of piperidine rings is 1. The van der Waals surface area contributed by atoms with E-state index in [1.807, 2.05) is 45.0 Å². The van der Waals surface area contributed by atoms with Gasteiger partial charge in [0, 0.05) is 18.5 Å². The molecule has 0 radical (unpaired) electrons. The third kappa shape index (κ3) is 3.81. The van der Waals surface area contributed by atoms with E-state index in [2.05, 4.69) is 0 Å². The predicted molar refractivity (Wildman–Crippen MR) is 100 cm³/mol. The van der Waals surface area contributed by atoms with Crippen molar-refractivity contribution in [1.29, 1.82) is 0 Å². The Morgan fingerprint density at radius 3 is 2.30 bits per heavy atom. The lowest BCUT2D eigenvalue weighted by molar-refractivity contribution is -0.147. The molecule has 1 atom stereocenters. The molecule has 1 spiro atoms. The fourth-order valence-electron chi connectivity index (χ4n) is 4.46. The SMILES string of the molecule is COC(=O)CC1(O)CC2(CCN(C(=O)OC(C)(C)C)CC2)c2ccccc21. The summed E-state index contributed by atoms with van der Waals surface area (Å²) in [7, 11) is 1.33. The quantitative estimate of drug-likeness (QED) is 0.804. The molecule has 2 aliphatic rings. The molecule has 1 unspecified atom stereocenters. The fraction of sp³-hybridized carbons (Fsp3) is 0.619. The van der Waals surface area contributed by atoms with Crippen LogP contribution in [0.4, 0.5) is 4.79 Å². The number of amides is 1. The minimum Gasteiger partial charge on any atom is -0.469 e. The monoisotopic (exact) mass is 375 g/mol. The highest BCUT2D eigenvalue weighted by Crippen LogP contribution is 2.54. The molecule has 6 heteroatoms. The molecule has 1 amide bonds. The van der Waals surface area contributed by atoms with Crippen LogP contribution in [-0.4, -0.2) is 47.9 Å². The first-order valence-corrected chi connectivity index (χ1v) is 9.46. The van der Waals surface area contributed by atoms with E-state index in [-0.39, 0.29) is 17.9 Å². The van der Waals surface area contributed by atoms with Gasteiger partial charge < -0.3 is 19.5 Å². The maximum absolute atomic E-state index is 12.4. The van der Waals surface area contributed by atoms with Gasteiger partial charge in [-0.25, -0.2) is 4.79 Å². The van der Waals surface area contributed by atoms with Crippen molar-refractivity contribution < 1.29 is 24.2 Å². The van der Waals surface area contributed by atoms with Crippen molar-refractivity contribution in [3.05, 3.63) is 35.4 Å². The molecule has 0 bridgehead atoms. The zero-order valence-electron chi connectivity index (χ0n) is 16.6. The summed E-state index contributed by atoms with van der Waals surface area (Å²) < 4.78 is 10.3. The standard InChI is InChI=1S/C21H29NO5/c1-19(2,3)27-18(24)22-11-9-20(10-12-22)14-21(25,13-17(23)26-4)16-8-6-5-7-15(16)20/h5-8,25H,9-14H2,1-4H3. The Hall–Kier alpha value is -2.08. The van der Waals surface area contributed by atoms with Gasteiger partial charge in [-0.1, -0.05) is 24.3 Å². The zero-order valence-corrected chi connectivity index (χ0v) is 16.6. The number of aliphatic hydroxyl groups is 1. The maximum Gasteiger partial charge on any atom is 0.410 e. The predicted octanol–water partition coefficient (Wildman–Crippen LogP) is 3.11. The number of esters is 1. The van der Waals surface area contributed by atoms with Crippen LogP contribution in [0.3, 0.4) is 0 Å². The molecule has 148 valence electrons. The number of ether oxygens (including phenoxy) is 2. The third-order valence-corrected chi connectivity index (χ3v) is 5.67. The normalized spacial score (nSPS) is 23.8. The number of carbonyl (C=O) groups is 2. The minimum atomic E-state index is -1.22. The lowest BCUT2D eigenvalue weighted by Crippen LogP contribution is -2.46. The molecule has 1 aromatic carbocycles. The molecule has 1 N–H and O–H groups in total. The van der Waals surface area contributed by atoms with E-state index in [0.717, 1.165) is 24.0 Å². The average Bonchev–Trinajstić information content (AvgIpc) is 2.83. The first-order chi connectivity index (χ1) is 12.6. The number of rotatable bonds is 2. The van der Waals surface area contributed by atoms with E-state index >= 15 is 0 Å². The third-order valence-electron chi connectivity index (χ3n) is 5.67. The van der Waals surface area contributed by atoms with Crippen LogP contribution in [-0.2, 0) is 25.3 Å². The Morgan fingerprint density at radius 1 is 1.15 bits per heavy atom. The van der Waals surface area contributed by atoms with Gasteiger partial charge in [-0.15, -0.1) is 0 Å². The van der Waals surface area contributed by atoms with E-state index in [1.165, 1.54) is 7.11 Å². The average molecular weight is 375 g/mol. The van der Waals surface area contributed by atoms with E-state index < -0.39 is 17.2 Å². The Bertz CT molecular complexity index is 730. The summed E-state index contributed by atoms with van der Waals surface area (Å²) in [4.78, 5) is 26.0. The van der Waals surface area contributed by atoms with Gasteiger partial charge >= 0.3 is 12.1 Å². The molecule has 0 saturated carbocycles. The Balaban J connectivity index is 1.80. The van der Waals surface area contributed by atoms with E-state index in [9.17, 15) is 14.7 Å². The second kappa shape index (κ2) is 6.82. The minimum absolute atomic E-state index is 0.0575. The van der Waals surface area contributed by atoms with Crippen LogP contribution in [0, 0.1) is 0 Å². The largest absolute Gasteiger partial charge is 0.469 e. The number of hydrogen-bond donors (Lipinski definition) is 1. The lowest BCUT2D eigenvalue weighted by Gasteiger charge is -2.41. The smallest absolute Gasteiger partial charge is 0.410 e. The summed E-state index contributed by atoms with van der Waals surface area (Å²) in [5.41, 5.74) is -0.0934. The molecule has 1 aliphatic carbocycles. The summed E-state index contributed by atoms with van der Waals surface area (Å²) >= 11 is 0. The first kappa shape index (κ1) is 19.7. The molecular weight excluding hydrogens is 346 g/mol. The number of hydrogen-bond acceptors (Lipinski definition) is 5. The molecule has 3 rings (SSSR count). The summed E-state index contributed by atoms with van der Waals surface area (Å²) in [6, 6.07) is 7.78. The van der Waals surface area contributed by atoms with Gasteiger partial charge in [-0.3, -0.25) is 4.79 Å². The number of methoxy groups -OCH3 is 1. The lowest BCUT2D eigenvalue weighted by atomic mass is 9.73. The second-order valence-electron chi connectivity index (χ2n) is 8.75. The van der Waals surface area contributed by atoms with Crippen LogP contribution in [0.25, 0.3) is 0 Å². The highest BCUT2D eigenvalue weighted by Gasteiger charge is 2.53. The van der Waals surface area contributed by atoms with Gasteiger partial charge in [-0.05, 0) is 51.2 Å². The van der Waals surface area contributed by atoms with E-state index in [1.54, 1.807) is 4.90 Å². The van der Waals surface area contributed by atoms with Gasteiger partial charge in [0.1, 0.15) is 11.2 Å². The highest BCUT2D eigenvalue weighted by atomic mass is 16.6. The van der Waals surface area contributed by atoms with Crippen LogP contribution in [0.2, 0.25) is 0 Å². The zero-order chi connectivity index (χ0) is 19.9. The first-order valence-electron chi connectivity index (χ1n) is 9.46. The van der Waals surface area contributed by atoms with Crippen LogP contribution in [0.1, 0.15) is 57.6 Å². The van der Waals surface area contributed by atoms with Crippen molar-refractivity contribution in [3.63, 3.8) is 0 Å². The number of carbonyl (C=O) groups excluding carboxylic acids is 2. The van der Waals surface area contributed by atoms with Gasteiger partial charge in [0.25, 0.3) is 0 Å². The highest BCUT2D eigenvalue weighted by molar-refractivity contribution is 5.72. The molecule has 27 heavy (non-hydrogen) atoms. The molecule has 1 heterocycles. The second-order valence-corrected chi connectivity index (χ2v) is 8.75. The van der Waals surface area contributed by atoms with Crippen LogP contribution < -0.4 is 0 Å². The topological polar surface area (TPSA) is 76.1 Å². The van der Waals surface area contributed by atoms with E-state index in [0.29, 0.717) is 19.5 Å². The molecule has 0 aromatic heterocycles. The molecule has 1 fully saturated rings. The van der Waals surface area contributed by atoms with Gasteiger partial charge in [0.05, 0.1) is 13.5 Å². The number of nitrogens with zero attached hydrogens (tertiary/aromatic N) is 1. The summed E-state index contributed by atoms with van der Waals surface area (Å²) in [5, 5.41) is 11.3. The maximum atomic E-state index is 12.4. The van der Waals surface area contributed by atoms with E-state index in [4.69, 9.17) is 9.47 Å². The Morgan fingerprint density at radius 2 is 1.74 bits per heavy atom. The van der Waals surface area contributed by atoms with Crippen LogP contribution in [0.5, 0.6) is 0 Å². The van der Waals surface area contributed by atoms with Crippen molar-refractivity contribution >= 4 is 12.1 Å². The molecule has 1 saturated heterocycles. The van der Waals surface area contributed by atoms with Crippen LogP contribution in [0.15, 0.2) is 24.3 Å². The Kier molecular flexibility index (Phi) is 4.97. The van der Waals surface area contributed by atoms with Crippen LogP contribution >= 0.6 is 0 Å². The fourth-order valence-corrected chi connectivity index (χ4v) is 4.46. The Labute approximate surface area is 160 Å². The van der Waals surface area contributed by atoms with Gasteiger partial charge in [0.2, 0.25) is 0 Å². The number of likely N-dealkylation sites (tertiary alicyclic amines) is 1. The van der Waals surface area contributed by atoms with Crippen molar-refractivity contribution in [1.82, 2.24) is 4.90 Å². The van der Waals surface area contributed by atoms with Crippen molar-refractivity contribution in [2.75, 3.05) is 20.2 Å². The molecule has 1 aromatic rings.